The standard InChI is InChI=1S/C23H22ClN3O3/c1-16-4-6-17(7-5-16)22(28)25-18-8-9-20(19(24)15-18)26-10-12-27(13-11-26)23(29)21-3-2-14-30-21/h2-9,14-15H,10-13H2,1H3,(H,25,28). The summed E-state index contributed by atoms with van der Waals surface area (Å²) in [6.07, 6.45) is 1.50. The molecule has 1 saturated heterocycles. The van der Waals surface area contributed by atoms with Gasteiger partial charge in [-0.2, -0.15) is 0 Å². The molecule has 154 valence electrons. The Labute approximate surface area is 180 Å². The van der Waals surface area contributed by atoms with E-state index < -0.39 is 0 Å². The molecule has 0 aliphatic carbocycles. The molecule has 1 aliphatic heterocycles. The second kappa shape index (κ2) is 8.63. The molecule has 0 unspecified atom stereocenters. The Balaban J connectivity index is 1.38. The Kier molecular flexibility index (Phi) is 5.77. The highest BCUT2D eigenvalue weighted by atomic mass is 35.5. The normalized spacial score (nSPS) is 13.9. The van der Waals surface area contributed by atoms with Crippen LogP contribution in [0.5, 0.6) is 0 Å². The van der Waals surface area contributed by atoms with Gasteiger partial charge in [-0.1, -0.05) is 29.3 Å². The van der Waals surface area contributed by atoms with Crippen molar-refractivity contribution in [1.29, 1.82) is 0 Å². The molecule has 30 heavy (non-hydrogen) atoms. The summed E-state index contributed by atoms with van der Waals surface area (Å²) in [7, 11) is 0. The van der Waals surface area contributed by atoms with Gasteiger partial charge in [-0.3, -0.25) is 9.59 Å². The van der Waals surface area contributed by atoms with E-state index in [9.17, 15) is 9.59 Å². The molecule has 1 aliphatic rings. The first-order chi connectivity index (χ1) is 14.5. The minimum Gasteiger partial charge on any atom is -0.459 e. The van der Waals surface area contributed by atoms with Crippen molar-refractivity contribution in [2.24, 2.45) is 0 Å². The summed E-state index contributed by atoms with van der Waals surface area (Å²) in [5.41, 5.74) is 3.22. The maximum Gasteiger partial charge on any atom is 0.289 e. The first-order valence-corrected chi connectivity index (χ1v) is 10.1. The van der Waals surface area contributed by atoms with Crippen molar-refractivity contribution >= 4 is 34.8 Å². The molecule has 2 amide bonds. The molecule has 1 aromatic heterocycles. The Bertz CT molecular complexity index is 1040. The molecule has 7 heteroatoms. The molecule has 1 N–H and O–H groups in total. The van der Waals surface area contributed by atoms with Crippen LogP contribution in [0.25, 0.3) is 0 Å². The molecule has 6 nitrogen and oxygen atoms in total. The fourth-order valence-electron chi connectivity index (χ4n) is 3.46. The third kappa shape index (κ3) is 4.33. The van der Waals surface area contributed by atoms with Crippen LogP contribution in [-0.2, 0) is 0 Å². The molecule has 1 fully saturated rings. The lowest BCUT2D eigenvalue weighted by Gasteiger charge is -2.36. The number of hydrogen-bond acceptors (Lipinski definition) is 4. The lowest BCUT2D eigenvalue weighted by atomic mass is 10.1. The van der Waals surface area contributed by atoms with Crippen molar-refractivity contribution in [3.8, 4) is 0 Å². The highest BCUT2D eigenvalue weighted by molar-refractivity contribution is 6.33. The van der Waals surface area contributed by atoms with Gasteiger partial charge < -0.3 is 19.5 Å². The molecule has 0 bridgehead atoms. The van der Waals surface area contributed by atoms with Gasteiger partial charge >= 0.3 is 0 Å². The van der Waals surface area contributed by atoms with E-state index in [1.54, 1.807) is 35.2 Å². The smallest absolute Gasteiger partial charge is 0.289 e. The van der Waals surface area contributed by atoms with Gasteiger partial charge in [0.1, 0.15) is 0 Å². The number of nitrogens with zero attached hydrogens (tertiary/aromatic N) is 2. The van der Waals surface area contributed by atoms with Crippen molar-refractivity contribution in [3.05, 3.63) is 82.8 Å². The summed E-state index contributed by atoms with van der Waals surface area (Å²) < 4.78 is 5.20. The van der Waals surface area contributed by atoms with Crippen molar-refractivity contribution in [1.82, 2.24) is 4.90 Å². The number of aryl methyl sites for hydroxylation is 1. The topological polar surface area (TPSA) is 65.8 Å². The summed E-state index contributed by atoms with van der Waals surface area (Å²) >= 11 is 6.50. The van der Waals surface area contributed by atoms with E-state index in [1.165, 1.54) is 6.26 Å². The third-order valence-electron chi connectivity index (χ3n) is 5.16. The zero-order chi connectivity index (χ0) is 21.1. The van der Waals surface area contributed by atoms with Crippen LogP contribution in [0.15, 0.2) is 65.3 Å². The second-order valence-electron chi connectivity index (χ2n) is 7.24. The van der Waals surface area contributed by atoms with Crippen molar-refractivity contribution in [2.45, 2.75) is 6.92 Å². The molecule has 3 aromatic rings. The van der Waals surface area contributed by atoms with E-state index in [2.05, 4.69) is 10.2 Å². The van der Waals surface area contributed by atoms with E-state index in [-0.39, 0.29) is 11.8 Å². The van der Waals surface area contributed by atoms with Gasteiger partial charge in [0.25, 0.3) is 11.8 Å². The van der Waals surface area contributed by atoms with Gasteiger partial charge in [0.15, 0.2) is 5.76 Å². The zero-order valence-electron chi connectivity index (χ0n) is 16.6. The summed E-state index contributed by atoms with van der Waals surface area (Å²) in [6, 6.07) is 16.3. The van der Waals surface area contributed by atoms with Gasteiger partial charge in [0.05, 0.1) is 17.0 Å². The number of carbonyl (C=O) groups is 2. The predicted molar refractivity (Wildman–Crippen MR) is 117 cm³/mol. The van der Waals surface area contributed by atoms with Gasteiger partial charge in [0.2, 0.25) is 0 Å². The number of furan rings is 1. The number of amides is 2. The van der Waals surface area contributed by atoms with Crippen LogP contribution in [0.3, 0.4) is 0 Å². The number of anilines is 2. The Morgan fingerprint density at radius 3 is 2.37 bits per heavy atom. The maximum absolute atomic E-state index is 12.4. The minimum absolute atomic E-state index is 0.0973. The zero-order valence-corrected chi connectivity index (χ0v) is 17.4. The fraction of sp³-hybridized carbons (Fsp3) is 0.217. The van der Waals surface area contributed by atoms with Gasteiger partial charge in [-0.15, -0.1) is 0 Å². The lowest BCUT2D eigenvalue weighted by Crippen LogP contribution is -2.48. The van der Waals surface area contributed by atoms with E-state index >= 15 is 0 Å². The van der Waals surface area contributed by atoms with Crippen molar-refractivity contribution in [3.63, 3.8) is 0 Å². The molecule has 0 radical (unpaired) electrons. The average molecular weight is 424 g/mol. The highest BCUT2D eigenvalue weighted by Crippen LogP contribution is 2.30. The highest BCUT2D eigenvalue weighted by Gasteiger charge is 2.24. The van der Waals surface area contributed by atoms with Crippen molar-refractivity contribution in [2.75, 3.05) is 36.4 Å². The summed E-state index contributed by atoms with van der Waals surface area (Å²) in [5, 5.41) is 3.44. The third-order valence-corrected chi connectivity index (χ3v) is 5.46. The molecule has 2 heterocycles. The van der Waals surface area contributed by atoms with Crippen LogP contribution in [0, 0.1) is 6.92 Å². The lowest BCUT2D eigenvalue weighted by molar-refractivity contribution is 0.0714. The van der Waals surface area contributed by atoms with E-state index in [0.717, 1.165) is 11.3 Å². The number of halogens is 1. The van der Waals surface area contributed by atoms with Crippen LogP contribution in [-0.4, -0.2) is 42.9 Å². The Morgan fingerprint density at radius 1 is 1.00 bits per heavy atom. The van der Waals surface area contributed by atoms with Crippen LogP contribution in [0.1, 0.15) is 26.5 Å². The monoisotopic (exact) mass is 423 g/mol. The number of benzene rings is 2. The van der Waals surface area contributed by atoms with Crippen LogP contribution in [0.2, 0.25) is 5.02 Å². The largest absolute Gasteiger partial charge is 0.459 e. The molecule has 0 atom stereocenters. The Morgan fingerprint density at radius 2 is 1.73 bits per heavy atom. The number of hydrogen-bond donors (Lipinski definition) is 1. The second-order valence-corrected chi connectivity index (χ2v) is 7.65. The molecule has 0 spiro atoms. The summed E-state index contributed by atoms with van der Waals surface area (Å²) in [4.78, 5) is 28.7. The number of rotatable bonds is 4. The first kappa shape index (κ1) is 20.0. The SMILES string of the molecule is Cc1ccc(C(=O)Nc2ccc(N3CCN(C(=O)c4ccco4)CC3)c(Cl)c2)cc1. The molecule has 4 rings (SSSR count). The molecular weight excluding hydrogens is 402 g/mol. The number of carbonyl (C=O) groups excluding carboxylic acids is 2. The minimum atomic E-state index is -0.177. The first-order valence-electron chi connectivity index (χ1n) is 9.76. The molecular formula is C23H22ClN3O3. The predicted octanol–water partition coefficient (Wildman–Crippen LogP) is 4.46. The van der Waals surface area contributed by atoms with E-state index in [1.807, 2.05) is 31.2 Å². The Hall–Kier alpha value is -3.25. The maximum atomic E-state index is 12.4. The van der Waals surface area contributed by atoms with Crippen LogP contribution in [0.4, 0.5) is 11.4 Å². The van der Waals surface area contributed by atoms with E-state index in [4.69, 9.17) is 16.0 Å². The number of nitrogens with one attached hydrogen (secondary N) is 1. The molecule has 2 aromatic carbocycles. The number of piperazine rings is 1. The van der Waals surface area contributed by atoms with E-state index in [0.29, 0.717) is 48.2 Å². The quantitative estimate of drug-likeness (QED) is 0.673. The van der Waals surface area contributed by atoms with Gasteiger partial charge in [-0.05, 0) is 49.4 Å². The van der Waals surface area contributed by atoms with Gasteiger partial charge in [0, 0.05) is 37.4 Å². The fourth-order valence-corrected chi connectivity index (χ4v) is 3.76. The summed E-state index contributed by atoms with van der Waals surface area (Å²) in [6.45, 7) is 4.49. The van der Waals surface area contributed by atoms with Crippen LogP contribution >= 0.6 is 11.6 Å². The van der Waals surface area contributed by atoms with Crippen molar-refractivity contribution < 1.29 is 14.0 Å². The molecule has 0 saturated carbocycles. The summed E-state index contributed by atoms with van der Waals surface area (Å²) in [5.74, 6) is 0.0823. The average Bonchev–Trinajstić information content (AvgIpc) is 3.29. The van der Waals surface area contributed by atoms with Crippen LogP contribution < -0.4 is 10.2 Å². The van der Waals surface area contributed by atoms with Gasteiger partial charge in [-0.25, -0.2) is 0 Å².